The quantitative estimate of drug-likeness (QED) is 0.809. The van der Waals surface area contributed by atoms with Crippen molar-refractivity contribution in [3.8, 4) is 5.75 Å². The summed E-state index contributed by atoms with van der Waals surface area (Å²) in [5.74, 6) is 0.421. The van der Waals surface area contributed by atoms with Crippen molar-refractivity contribution >= 4 is 17.9 Å². The van der Waals surface area contributed by atoms with E-state index in [1.54, 1.807) is 31.4 Å². The van der Waals surface area contributed by atoms with Crippen LogP contribution < -0.4 is 10.1 Å². The van der Waals surface area contributed by atoms with Crippen molar-refractivity contribution < 1.29 is 14.3 Å². The van der Waals surface area contributed by atoms with E-state index in [9.17, 15) is 9.59 Å². The number of carbonyl (C=O) groups is 2. The van der Waals surface area contributed by atoms with Gasteiger partial charge in [-0.15, -0.1) is 0 Å². The first-order valence-corrected chi connectivity index (χ1v) is 5.32. The van der Waals surface area contributed by atoms with E-state index in [1.807, 2.05) is 0 Å². The van der Waals surface area contributed by atoms with Crippen LogP contribution in [-0.2, 0) is 0 Å². The first kappa shape index (κ1) is 11.9. The molecule has 1 heterocycles. The Morgan fingerprint density at radius 3 is 2.61 bits per heavy atom. The maximum Gasteiger partial charge on any atom is 0.272 e. The Balaban J connectivity index is 2.08. The van der Waals surface area contributed by atoms with E-state index in [-0.39, 0.29) is 5.91 Å². The summed E-state index contributed by atoms with van der Waals surface area (Å²) in [5.41, 5.74) is 1.44. The number of nitrogens with one attached hydrogen (secondary N) is 2. The summed E-state index contributed by atoms with van der Waals surface area (Å²) in [5, 5.41) is 2.71. The molecule has 2 rings (SSSR count). The number of amides is 1. The minimum absolute atomic E-state index is 0.298. The minimum Gasteiger partial charge on any atom is -0.497 e. The highest BCUT2D eigenvalue weighted by molar-refractivity contribution is 6.03. The predicted octanol–water partition coefficient (Wildman–Crippen LogP) is 2.09. The molecule has 0 spiro atoms. The number of methoxy groups -OCH3 is 1. The Hall–Kier alpha value is -2.56. The molecule has 0 aliphatic carbocycles. The van der Waals surface area contributed by atoms with E-state index in [1.165, 1.54) is 12.3 Å². The Morgan fingerprint density at radius 2 is 2.06 bits per heavy atom. The molecular weight excluding hydrogens is 232 g/mol. The highest BCUT2D eigenvalue weighted by Gasteiger charge is 2.08. The number of aromatic amines is 1. The van der Waals surface area contributed by atoms with Crippen molar-refractivity contribution in [3.05, 3.63) is 47.8 Å². The molecular formula is C13H12N2O3. The van der Waals surface area contributed by atoms with Crippen LogP contribution in [0.4, 0.5) is 5.69 Å². The number of ether oxygens (including phenoxy) is 1. The number of benzene rings is 1. The van der Waals surface area contributed by atoms with Crippen molar-refractivity contribution in [2.45, 2.75) is 0 Å². The van der Waals surface area contributed by atoms with Crippen molar-refractivity contribution in [2.24, 2.45) is 0 Å². The molecule has 0 saturated carbocycles. The van der Waals surface area contributed by atoms with Crippen LogP contribution in [0.2, 0.25) is 0 Å². The summed E-state index contributed by atoms with van der Waals surface area (Å²) in [6.45, 7) is 0. The second-order valence-corrected chi connectivity index (χ2v) is 3.65. The maximum absolute atomic E-state index is 11.8. The summed E-state index contributed by atoms with van der Waals surface area (Å²) in [6.07, 6.45) is 2.16. The summed E-state index contributed by atoms with van der Waals surface area (Å²) in [6, 6.07) is 8.47. The molecule has 0 bridgehead atoms. The fourth-order valence-electron chi connectivity index (χ4n) is 1.48. The lowest BCUT2D eigenvalue weighted by molar-refractivity contribution is 0.102. The zero-order chi connectivity index (χ0) is 13.0. The second kappa shape index (κ2) is 5.18. The number of aromatic nitrogens is 1. The molecule has 1 amide bonds. The number of hydrogen-bond donors (Lipinski definition) is 2. The van der Waals surface area contributed by atoms with Gasteiger partial charge in [-0.25, -0.2) is 0 Å². The standard InChI is InChI=1S/C13H12N2O3/c1-18-11-4-2-10(3-5-11)15-13(17)12-6-9(8-16)7-14-12/h2-8,14H,1H3,(H,15,17). The number of anilines is 1. The van der Waals surface area contributed by atoms with Crippen molar-refractivity contribution in [3.63, 3.8) is 0 Å². The summed E-state index contributed by atoms with van der Waals surface area (Å²) in [7, 11) is 1.58. The van der Waals surface area contributed by atoms with Gasteiger partial charge in [-0.3, -0.25) is 9.59 Å². The number of hydrogen-bond acceptors (Lipinski definition) is 3. The smallest absolute Gasteiger partial charge is 0.272 e. The van der Waals surface area contributed by atoms with Crippen LogP contribution in [0.1, 0.15) is 20.8 Å². The van der Waals surface area contributed by atoms with Gasteiger partial charge in [-0.2, -0.15) is 0 Å². The Kier molecular flexibility index (Phi) is 3.43. The van der Waals surface area contributed by atoms with E-state index >= 15 is 0 Å². The molecule has 0 saturated heterocycles. The van der Waals surface area contributed by atoms with Gasteiger partial charge in [-0.05, 0) is 30.3 Å². The summed E-state index contributed by atoms with van der Waals surface area (Å²) >= 11 is 0. The van der Waals surface area contributed by atoms with Gasteiger partial charge in [-0.1, -0.05) is 0 Å². The second-order valence-electron chi connectivity index (χ2n) is 3.65. The molecule has 1 aromatic carbocycles. The Labute approximate surface area is 104 Å². The van der Waals surface area contributed by atoms with Gasteiger partial charge in [0.15, 0.2) is 6.29 Å². The van der Waals surface area contributed by atoms with E-state index in [0.29, 0.717) is 23.2 Å². The van der Waals surface area contributed by atoms with Gasteiger partial charge in [0, 0.05) is 17.4 Å². The van der Waals surface area contributed by atoms with Gasteiger partial charge < -0.3 is 15.0 Å². The number of H-pyrrole nitrogens is 1. The van der Waals surface area contributed by atoms with Gasteiger partial charge in [0.05, 0.1) is 7.11 Å². The molecule has 2 aromatic rings. The molecule has 0 atom stereocenters. The predicted molar refractivity (Wildman–Crippen MR) is 67.1 cm³/mol. The maximum atomic E-state index is 11.8. The van der Waals surface area contributed by atoms with Crippen LogP contribution in [0.25, 0.3) is 0 Å². The summed E-state index contributed by atoms with van der Waals surface area (Å²) in [4.78, 5) is 25.0. The van der Waals surface area contributed by atoms with Crippen LogP contribution in [0, 0.1) is 0 Å². The Bertz CT molecular complexity index is 558. The molecule has 0 radical (unpaired) electrons. The molecule has 0 aliphatic heterocycles. The highest BCUT2D eigenvalue weighted by atomic mass is 16.5. The molecule has 92 valence electrons. The monoisotopic (exact) mass is 244 g/mol. The number of aldehydes is 1. The van der Waals surface area contributed by atoms with Crippen LogP contribution in [0.3, 0.4) is 0 Å². The third kappa shape index (κ3) is 2.57. The van der Waals surface area contributed by atoms with Gasteiger partial charge in [0.2, 0.25) is 0 Å². The number of carbonyl (C=O) groups excluding carboxylic acids is 2. The average Bonchev–Trinajstić information content (AvgIpc) is 2.88. The van der Waals surface area contributed by atoms with Gasteiger partial charge in [0.1, 0.15) is 11.4 Å². The third-order valence-corrected chi connectivity index (χ3v) is 2.43. The molecule has 18 heavy (non-hydrogen) atoms. The molecule has 0 unspecified atom stereocenters. The van der Waals surface area contributed by atoms with Crippen LogP contribution in [0.15, 0.2) is 36.5 Å². The molecule has 5 heteroatoms. The zero-order valence-corrected chi connectivity index (χ0v) is 9.77. The lowest BCUT2D eigenvalue weighted by Crippen LogP contribution is -2.12. The van der Waals surface area contributed by atoms with Crippen molar-refractivity contribution in [1.82, 2.24) is 4.98 Å². The topological polar surface area (TPSA) is 71.2 Å². The number of rotatable bonds is 4. The SMILES string of the molecule is COc1ccc(NC(=O)c2cc(C=O)c[nH]2)cc1. The van der Waals surface area contributed by atoms with Crippen molar-refractivity contribution in [1.29, 1.82) is 0 Å². The molecule has 0 fully saturated rings. The molecule has 0 aliphatic rings. The van der Waals surface area contributed by atoms with E-state index in [0.717, 1.165) is 5.75 Å². The first-order valence-electron chi connectivity index (χ1n) is 5.32. The fraction of sp³-hybridized carbons (Fsp3) is 0.0769. The molecule has 2 N–H and O–H groups in total. The van der Waals surface area contributed by atoms with E-state index < -0.39 is 0 Å². The lowest BCUT2D eigenvalue weighted by Gasteiger charge is -2.04. The third-order valence-electron chi connectivity index (χ3n) is 2.43. The highest BCUT2D eigenvalue weighted by Crippen LogP contribution is 2.15. The van der Waals surface area contributed by atoms with E-state index in [2.05, 4.69) is 10.3 Å². The van der Waals surface area contributed by atoms with Gasteiger partial charge >= 0.3 is 0 Å². The molecule has 5 nitrogen and oxygen atoms in total. The van der Waals surface area contributed by atoms with E-state index in [4.69, 9.17) is 4.74 Å². The minimum atomic E-state index is -0.298. The fourth-order valence-corrected chi connectivity index (χ4v) is 1.48. The Morgan fingerprint density at radius 1 is 1.33 bits per heavy atom. The average molecular weight is 244 g/mol. The summed E-state index contributed by atoms with van der Waals surface area (Å²) < 4.78 is 5.02. The van der Waals surface area contributed by atoms with Crippen LogP contribution in [0.5, 0.6) is 5.75 Å². The van der Waals surface area contributed by atoms with Gasteiger partial charge in [0.25, 0.3) is 5.91 Å². The van der Waals surface area contributed by atoms with Crippen LogP contribution in [-0.4, -0.2) is 24.3 Å². The van der Waals surface area contributed by atoms with Crippen LogP contribution >= 0.6 is 0 Å². The normalized spacial score (nSPS) is 9.83. The molecule has 1 aromatic heterocycles. The first-order chi connectivity index (χ1) is 8.72. The van der Waals surface area contributed by atoms with Crippen molar-refractivity contribution in [2.75, 3.05) is 12.4 Å². The lowest BCUT2D eigenvalue weighted by atomic mass is 10.3. The zero-order valence-electron chi connectivity index (χ0n) is 9.77. The largest absolute Gasteiger partial charge is 0.497 e.